The highest BCUT2D eigenvalue weighted by Gasteiger charge is 2.24. The molecule has 2 aromatic rings. The van der Waals surface area contributed by atoms with E-state index in [1.165, 1.54) is 7.11 Å². The summed E-state index contributed by atoms with van der Waals surface area (Å²) in [6, 6.07) is 7.45. The van der Waals surface area contributed by atoms with Crippen molar-refractivity contribution < 1.29 is 14.6 Å². The van der Waals surface area contributed by atoms with E-state index in [1.807, 2.05) is 51.3 Å². The minimum atomic E-state index is -0.152. The van der Waals surface area contributed by atoms with Crippen LogP contribution in [0.3, 0.4) is 0 Å². The second-order valence-electron chi connectivity index (χ2n) is 7.15. The number of hydrogen-bond acceptors (Lipinski definition) is 3. The Morgan fingerprint density at radius 1 is 1.17 bits per heavy atom. The molecular formula is C19H25NO3. The molecule has 1 aromatic heterocycles. The van der Waals surface area contributed by atoms with E-state index in [4.69, 9.17) is 4.74 Å². The van der Waals surface area contributed by atoms with Crippen molar-refractivity contribution in [3.63, 3.8) is 0 Å². The van der Waals surface area contributed by atoms with Gasteiger partial charge in [-0.1, -0.05) is 20.8 Å². The van der Waals surface area contributed by atoms with Gasteiger partial charge in [-0.15, -0.1) is 0 Å². The van der Waals surface area contributed by atoms with Gasteiger partial charge >= 0.3 is 0 Å². The summed E-state index contributed by atoms with van der Waals surface area (Å²) in [5.74, 6) is 0.252. The summed E-state index contributed by atoms with van der Waals surface area (Å²) in [5, 5.41) is 10.4. The van der Waals surface area contributed by atoms with Crippen LogP contribution in [0.25, 0.3) is 5.69 Å². The Labute approximate surface area is 137 Å². The molecule has 124 valence electrons. The number of hydrogen-bond donors (Lipinski definition) is 1. The first-order chi connectivity index (χ1) is 10.6. The Hall–Kier alpha value is -2.23. The monoisotopic (exact) mass is 315 g/mol. The molecule has 0 saturated heterocycles. The first-order valence-electron chi connectivity index (χ1n) is 7.73. The summed E-state index contributed by atoms with van der Waals surface area (Å²) in [7, 11) is 1.52. The van der Waals surface area contributed by atoms with Crippen molar-refractivity contribution >= 4 is 5.78 Å². The number of benzene rings is 1. The molecule has 23 heavy (non-hydrogen) atoms. The van der Waals surface area contributed by atoms with Crippen molar-refractivity contribution in [2.75, 3.05) is 7.11 Å². The lowest BCUT2D eigenvalue weighted by Gasteiger charge is -2.19. The predicted molar refractivity (Wildman–Crippen MR) is 91.9 cm³/mol. The molecule has 0 bridgehead atoms. The van der Waals surface area contributed by atoms with Crippen LogP contribution in [0, 0.1) is 19.3 Å². The number of Topliss-reactive ketones (excluding diaryl/α,β-unsaturated/α-hetero) is 1. The zero-order valence-corrected chi connectivity index (χ0v) is 14.7. The molecule has 1 aromatic carbocycles. The standard InChI is InChI=1S/C19H25NO3/c1-12-7-8-13(2)20(12)14-9-15(21)18(17(10-14)23-6)16(22)11-19(3,4)5/h7-10,21H,11H2,1-6H3. The molecule has 0 aliphatic rings. The topological polar surface area (TPSA) is 51.5 Å². The SMILES string of the molecule is COc1cc(-n2c(C)ccc2C)cc(O)c1C(=O)CC(C)(C)C. The number of ketones is 1. The fourth-order valence-electron chi connectivity index (χ4n) is 2.80. The Bertz CT molecular complexity index is 716. The number of phenolic OH excluding ortho intramolecular Hbond substituents is 1. The summed E-state index contributed by atoms with van der Waals surface area (Å²) in [6.07, 6.45) is 0.345. The number of carbonyl (C=O) groups excluding carboxylic acids is 1. The fourth-order valence-corrected chi connectivity index (χ4v) is 2.80. The minimum absolute atomic E-state index is 0.0406. The van der Waals surface area contributed by atoms with Crippen LogP contribution in [0.5, 0.6) is 11.5 Å². The molecule has 0 aliphatic heterocycles. The van der Waals surface area contributed by atoms with Gasteiger partial charge in [0.05, 0.1) is 12.8 Å². The summed E-state index contributed by atoms with van der Waals surface area (Å²) in [6.45, 7) is 9.98. The molecule has 1 heterocycles. The van der Waals surface area contributed by atoms with Crippen LogP contribution in [0.2, 0.25) is 0 Å². The number of aromatic nitrogens is 1. The van der Waals surface area contributed by atoms with Gasteiger partial charge in [-0.3, -0.25) is 4.79 Å². The van der Waals surface area contributed by atoms with Crippen molar-refractivity contribution in [2.24, 2.45) is 5.41 Å². The second kappa shape index (κ2) is 6.11. The lowest BCUT2D eigenvalue weighted by atomic mass is 9.87. The number of phenols is 1. The number of aryl methyl sites for hydroxylation is 2. The molecule has 0 spiro atoms. The van der Waals surface area contributed by atoms with E-state index >= 15 is 0 Å². The highest BCUT2D eigenvalue weighted by Crippen LogP contribution is 2.35. The van der Waals surface area contributed by atoms with E-state index < -0.39 is 0 Å². The zero-order chi connectivity index (χ0) is 17.4. The van der Waals surface area contributed by atoms with E-state index in [0.29, 0.717) is 12.2 Å². The summed E-state index contributed by atoms with van der Waals surface area (Å²) in [4.78, 5) is 12.5. The maximum Gasteiger partial charge on any atom is 0.170 e. The van der Waals surface area contributed by atoms with Crippen LogP contribution < -0.4 is 4.74 Å². The highest BCUT2D eigenvalue weighted by atomic mass is 16.5. The van der Waals surface area contributed by atoms with Crippen molar-refractivity contribution in [3.8, 4) is 17.2 Å². The quantitative estimate of drug-likeness (QED) is 0.849. The smallest absolute Gasteiger partial charge is 0.170 e. The number of ether oxygens (including phenoxy) is 1. The maximum absolute atomic E-state index is 12.5. The van der Waals surface area contributed by atoms with Crippen LogP contribution in [-0.2, 0) is 0 Å². The van der Waals surface area contributed by atoms with E-state index in [9.17, 15) is 9.90 Å². The Balaban J connectivity index is 2.54. The van der Waals surface area contributed by atoms with E-state index in [0.717, 1.165) is 17.1 Å². The molecule has 0 aliphatic carbocycles. The van der Waals surface area contributed by atoms with Crippen molar-refractivity contribution in [3.05, 3.63) is 41.2 Å². The van der Waals surface area contributed by atoms with Gasteiger partial charge in [-0.2, -0.15) is 0 Å². The predicted octanol–water partition coefficient (Wildman–Crippen LogP) is 4.43. The molecule has 0 fully saturated rings. The molecule has 0 unspecified atom stereocenters. The van der Waals surface area contributed by atoms with E-state index in [1.54, 1.807) is 12.1 Å². The van der Waals surface area contributed by atoms with Crippen molar-refractivity contribution in [1.29, 1.82) is 0 Å². The summed E-state index contributed by atoms with van der Waals surface area (Å²) >= 11 is 0. The largest absolute Gasteiger partial charge is 0.507 e. The third-order valence-electron chi connectivity index (χ3n) is 3.79. The average Bonchev–Trinajstić information content (AvgIpc) is 2.74. The van der Waals surface area contributed by atoms with Crippen molar-refractivity contribution in [1.82, 2.24) is 4.57 Å². The second-order valence-corrected chi connectivity index (χ2v) is 7.15. The minimum Gasteiger partial charge on any atom is -0.507 e. The van der Waals surface area contributed by atoms with Gasteiger partial charge in [-0.25, -0.2) is 0 Å². The lowest BCUT2D eigenvalue weighted by Crippen LogP contribution is -2.14. The fraction of sp³-hybridized carbons (Fsp3) is 0.421. The lowest BCUT2D eigenvalue weighted by molar-refractivity contribution is 0.0934. The normalized spacial score (nSPS) is 11.6. The first-order valence-corrected chi connectivity index (χ1v) is 7.73. The number of carbonyl (C=O) groups is 1. The molecular weight excluding hydrogens is 290 g/mol. The van der Waals surface area contributed by atoms with Crippen LogP contribution in [0.4, 0.5) is 0 Å². The molecule has 0 amide bonds. The highest BCUT2D eigenvalue weighted by molar-refractivity contribution is 6.02. The molecule has 0 saturated carbocycles. The zero-order valence-electron chi connectivity index (χ0n) is 14.7. The summed E-state index contributed by atoms with van der Waals surface area (Å²) < 4.78 is 7.40. The van der Waals surface area contributed by atoms with E-state index in [2.05, 4.69) is 0 Å². The average molecular weight is 315 g/mol. The van der Waals surface area contributed by atoms with Gasteiger partial charge in [0.2, 0.25) is 0 Å². The van der Waals surface area contributed by atoms with Gasteiger partial charge in [0.25, 0.3) is 0 Å². The van der Waals surface area contributed by atoms with Crippen LogP contribution in [0.15, 0.2) is 24.3 Å². The van der Waals surface area contributed by atoms with Crippen LogP contribution >= 0.6 is 0 Å². The van der Waals surface area contributed by atoms with Gasteiger partial charge < -0.3 is 14.4 Å². The molecule has 0 atom stereocenters. The number of nitrogens with zero attached hydrogens (tertiary/aromatic N) is 1. The maximum atomic E-state index is 12.5. The molecule has 0 radical (unpaired) electrons. The van der Waals surface area contributed by atoms with Crippen LogP contribution in [-0.4, -0.2) is 22.6 Å². The Morgan fingerprint density at radius 3 is 2.22 bits per heavy atom. The number of methoxy groups -OCH3 is 1. The number of aromatic hydroxyl groups is 1. The molecule has 1 N–H and O–H groups in total. The summed E-state index contributed by atoms with van der Waals surface area (Å²) in [5.41, 5.74) is 3.00. The first kappa shape index (κ1) is 17.1. The third kappa shape index (κ3) is 3.58. The molecule has 2 rings (SSSR count). The van der Waals surface area contributed by atoms with Gasteiger partial charge in [0, 0.05) is 29.9 Å². The van der Waals surface area contributed by atoms with Crippen LogP contribution in [0.1, 0.15) is 48.9 Å². The van der Waals surface area contributed by atoms with Gasteiger partial charge in [0.1, 0.15) is 17.1 Å². The molecule has 4 heteroatoms. The molecule has 4 nitrogen and oxygen atoms in total. The third-order valence-corrected chi connectivity index (χ3v) is 3.79. The Morgan fingerprint density at radius 2 is 1.74 bits per heavy atom. The number of rotatable bonds is 4. The van der Waals surface area contributed by atoms with E-state index in [-0.39, 0.29) is 22.5 Å². The Kier molecular flexibility index (Phi) is 4.55. The van der Waals surface area contributed by atoms with Gasteiger partial charge in [-0.05, 0) is 31.4 Å². The van der Waals surface area contributed by atoms with Gasteiger partial charge in [0.15, 0.2) is 5.78 Å². The van der Waals surface area contributed by atoms with Crippen molar-refractivity contribution in [2.45, 2.75) is 41.0 Å².